The Balaban J connectivity index is 2.06. The smallest absolute Gasteiger partial charge is 0.255 e. The fourth-order valence-corrected chi connectivity index (χ4v) is 3.77. The lowest BCUT2D eigenvalue weighted by Gasteiger charge is -2.17. The Morgan fingerprint density at radius 1 is 1.17 bits per heavy atom. The van der Waals surface area contributed by atoms with Crippen molar-refractivity contribution in [2.24, 2.45) is 5.10 Å². The summed E-state index contributed by atoms with van der Waals surface area (Å²) in [5.74, 6) is 0.0150. The zero-order valence-corrected chi connectivity index (χ0v) is 18.2. The van der Waals surface area contributed by atoms with E-state index in [1.54, 1.807) is 18.2 Å². The lowest BCUT2D eigenvalue weighted by atomic mass is 10.2. The van der Waals surface area contributed by atoms with Gasteiger partial charge in [-0.15, -0.1) is 0 Å². The molecule has 1 amide bonds. The summed E-state index contributed by atoms with van der Waals surface area (Å²) in [5.41, 5.74) is 2.76. The van der Waals surface area contributed by atoms with Crippen LogP contribution in [0.25, 0.3) is 0 Å². The van der Waals surface area contributed by atoms with Gasteiger partial charge in [0.2, 0.25) is 10.0 Å². The molecule has 2 rings (SSSR count). The predicted octanol–water partition coefficient (Wildman–Crippen LogP) is 2.78. The zero-order chi connectivity index (χ0) is 21.6. The van der Waals surface area contributed by atoms with Crippen molar-refractivity contribution in [1.82, 2.24) is 9.73 Å². The third-order valence-electron chi connectivity index (χ3n) is 3.80. The average Bonchev–Trinajstić information content (AvgIpc) is 2.70. The van der Waals surface area contributed by atoms with Crippen LogP contribution in [0.3, 0.4) is 0 Å². The van der Waals surface area contributed by atoms with Gasteiger partial charge in [0.15, 0.2) is 11.5 Å². The minimum Gasteiger partial charge on any atom is -0.493 e. The highest BCUT2D eigenvalue weighted by Crippen LogP contribution is 2.30. The molecule has 0 unspecified atom stereocenters. The number of nitrogens with zero attached hydrogens (tertiary/aromatic N) is 2. The molecule has 0 spiro atoms. The normalized spacial score (nSPS) is 11.7. The molecule has 1 N–H and O–H groups in total. The Hall–Kier alpha value is -2.33. The lowest BCUT2D eigenvalue weighted by Crippen LogP contribution is -2.36. The van der Waals surface area contributed by atoms with Crippen molar-refractivity contribution in [3.05, 3.63) is 52.0 Å². The fourth-order valence-electron chi connectivity index (χ4n) is 2.27. The van der Waals surface area contributed by atoms with Gasteiger partial charge in [0.05, 0.1) is 41.9 Å². The summed E-state index contributed by atoms with van der Waals surface area (Å²) < 4.78 is 36.5. The fraction of sp³-hybridized carbons (Fsp3) is 0.222. The maximum absolute atomic E-state index is 12.7. The first-order chi connectivity index (χ1) is 13.7. The van der Waals surface area contributed by atoms with E-state index in [4.69, 9.17) is 32.7 Å². The van der Waals surface area contributed by atoms with Gasteiger partial charge in [-0.05, 0) is 18.2 Å². The van der Waals surface area contributed by atoms with Crippen molar-refractivity contribution in [1.29, 1.82) is 0 Å². The Bertz CT molecular complexity index is 1030. The van der Waals surface area contributed by atoms with E-state index in [0.717, 1.165) is 4.31 Å². The molecule has 156 valence electrons. The van der Waals surface area contributed by atoms with Crippen molar-refractivity contribution in [2.75, 3.05) is 27.8 Å². The summed E-state index contributed by atoms with van der Waals surface area (Å²) in [6.07, 6.45) is 1.31. The second-order valence-electron chi connectivity index (χ2n) is 5.71. The lowest BCUT2D eigenvalue weighted by molar-refractivity contribution is -0.121. The number of sulfonamides is 1. The highest BCUT2D eigenvalue weighted by molar-refractivity contribution is 7.89. The molecule has 0 aliphatic heterocycles. The number of amides is 1. The second kappa shape index (κ2) is 9.93. The SMILES string of the molecule is COc1ccc(S(=O)(=O)N(C)CC(=O)N/N=C\c2cccc(Cl)c2Cl)cc1OC. The number of carbonyl (C=O) groups excluding carboxylic acids is 1. The second-order valence-corrected chi connectivity index (χ2v) is 8.54. The molecule has 8 nitrogen and oxygen atoms in total. The maximum atomic E-state index is 12.7. The van der Waals surface area contributed by atoms with Crippen LogP contribution in [0.1, 0.15) is 5.56 Å². The van der Waals surface area contributed by atoms with Gasteiger partial charge in [-0.3, -0.25) is 4.79 Å². The molecule has 0 aliphatic carbocycles. The molecule has 2 aromatic rings. The average molecular weight is 460 g/mol. The summed E-state index contributed by atoms with van der Waals surface area (Å²) in [6.45, 7) is -0.447. The Kier molecular flexibility index (Phi) is 7.86. The van der Waals surface area contributed by atoms with Crippen LogP contribution in [0.4, 0.5) is 0 Å². The van der Waals surface area contributed by atoms with Crippen molar-refractivity contribution < 1.29 is 22.7 Å². The van der Waals surface area contributed by atoms with Crippen LogP contribution in [-0.2, 0) is 14.8 Å². The standard InChI is InChI=1S/C18H19Cl2N3O5S/c1-23(29(25,26)13-7-8-15(27-2)16(9-13)28-3)11-17(24)22-21-10-12-5-4-6-14(19)18(12)20/h4-10H,11H2,1-3H3,(H,22,24)/b21-10-. The van der Waals surface area contributed by atoms with Crippen molar-refractivity contribution in [2.45, 2.75) is 4.90 Å². The summed E-state index contributed by atoms with van der Waals surface area (Å²) in [4.78, 5) is 12.0. The molecule has 0 heterocycles. The van der Waals surface area contributed by atoms with E-state index in [2.05, 4.69) is 10.5 Å². The molecule has 29 heavy (non-hydrogen) atoms. The number of hydrogen-bond acceptors (Lipinski definition) is 6. The van der Waals surface area contributed by atoms with Crippen LogP contribution in [-0.4, -0.2) is 52.7 Å². The van der Waals surface area contributed by atoms with Gasteiger partial charge in [-0.25, -0.2) is 13.8 Å². The van der Waals surface area contributed by atoms with Crippen LogP contribution >= 0.6 is 23.2 Å². The quantitative estimate of drug-likeness (QED) is 0.483. The molecule has 0 fully saturated rings. The van der Waals surface area contributed by atoms with Crippen LogP contribution in [0.5, 0.6) is 11.5 Å². The number of rotatable bonds is 8. The number of methoxy groups -OCH3 is 2. The first kappa shape index (κ1) is 23.0. The zero-order valence-electron chi connectivity index (χ0n) is 15.8. The van der Waals surface area contributed by atoms with Gasteiger partial charge in [0.25, 0.3) is 5.91 Å². The molecule has 0 saturated carbocycles. The van der Waals surface area contributed by atoms with E-state index in [-0.39, 0.29) is 10.6 Å². The largest absolute Gasteiger partial charge is 0.493 e. The number of hydrazone groups is 1. The third-order valence-corrected chi connectivity index (χ3v) is 6.44. The number of hydrogen-bond donors (Lipinski definition) is 1. The molecule has 0 aromatic heterocycles. The Labute approximate surface area is 179 Å². The predicted molar refractivity (Wildman–Crippen MR) is 112 cm³/mol. The molecule has 0 saturated heterocycles. The van der Waals surface area contributed by atoms with Gasteiger partial charge in [-0.2, -0.15) is 9.41 Å². The third kappa shape index (κ3) is 5.60. The van der Waals surface area contributed by atoms with Crippen molar-refractivity contribution in [3.63, 3.8) is 0 Å². The summed E-state index contributed by atoms with van der Waals surface area (Å²) in [6, 6.07) is 9.12. The first-order valence-electron chi connectivity index (χ1n) is 8.15. The van der Waals surface area contributed by atoms with Crippen LogP contribution in [0.2, 0.25) is 10.0 Å². The molecule has 0 radical (unpaired) electrons. The highest BCUT2D eigenvalue weighted by Gasteiger charge is 2.24. The molecule has 11 heteroatoms. The number of carbonyl (C=O) groups is 1. The molecule has 0 atom stereocenters. The van der Waals surface area contributed by atoms with Crippen LogP contribution in [0.15, 0.2) is 46.4 Å². The van der Waals surface area contributed by atoms with Gasteiger partial charge in [0.1, 0.15) is 0 Å². The van der Waals surface area contributed by atoms with Crippen LogP contribution < -0.4 is 14.9 Å². The van der Waals surface area contributed by atoms with E-state index in [9.17, 15) is 13.2 Å². The maximum Gasteiger partial charge on any atom is 0.255 e. The number of nitrogens with one attached hydrogen (secondary N) is 1. The number of ether oxygens (including phenoxy) is 2. The van der Waals surface area contributed by atoms with Gasteiger partial charge < -0.3 is 9.47 Å². The van der Waals surface area contributed by atoms with E-state index in [1.807, 2.05) is 0 Å². The molecule has 0 bridgehead atoms. The van der Waals surface area contributed by atoms with Crippen molar-refractivity contribution >= 4 is 45.3 Å². The number of likely N-dealkylation sites (N-methyl/N-ethyl adjacent to an activating group) is 1. The van der Waals surface area contributed by atoms with Gasteiger partial charge in [0, 0.05) is 18.7 Å². The number of benzene rings is 2. The minimum atomic E-state index is -3.93. The van der Waals surface area contributed by atoms with E-state index < -0.39 is 22.5 Å². The van der Waals surface area contributed by atoms with Crippen LogP contribution in [0, 0.1) is 0 Å². The molecular weight excluding hydrogens is 441 g/mol. The minimum absolute atomic E-state index is 0.0420. The Morgan fingerprint density at radius 3 is 2.52 bits per heavy atom. The van der Waals surface area contributed by atoms with E-state index in [0.29, 0.717) is 21.4 Å². The van der Waals surface area contributed by atoms with E-state index >= 15 is 0 Å². The van der Waals surface area contributed by atoms with Gasteiger partial charge >= 0.3 is 0 Å². The topological polar surface area (TPSA) is 97.3 Å². The monoisotopic (exact) mass is 459 g/mol. The summed E-state index contributed by atoms with van der Waals surface area (Å²) >= 11 is 11.9. The molecule has 0 aliphatic rings. The summed E-state index contributed by atoms with van der Waals surface area (Å²) in [7, 11) is 0.189. The van der Waals surface area contributed by atoms with Gasteiger partial charge in [-0.1, -0.05) is 35.3 Å². The number of halogens is 2. The highest BCUT2D eigenvalue weighted by atomic mass is 35.5. The van der Waals surface area contributed by atoms with E-state index in [1.165, 1.54) is 45.7 Å². The first-order valence-corrected chi connectivity index (χ1v) is 10.3. The molecule has 2 aromatic carbocycles. The molecular formula is C18H19Cl2N3O5S. The summed E-state index contributed by atoms with van der Waals surface area (Å²) in [5, 5.41) is 4.42. The Morgan fingerprint density at radius 2 is 1.86 bits per heavy atom. The van der Waals surface area contributed by atoms with Crippen molar-refractivity contribution in [3.8, 4) is 11.5 Å².